The lowest BCUT2D eigenvalue weighted by atomic mass is 10.3. The van der Waals surface area contributed by atoms with Crippen LogP contribution in [0.25, 0.3) is 11.0 Å². The van der Waals surface area contributed by atoms with E-state index >= 15 is 0 Å². The molecule has 0 spiro atoms. The number of para-hydroxylation sites is 1. The first kappa shape index (κ1) is 9.15. The van der Waals surface area contributed by atoms with Gasteiger partial charge in [-0.1, -0.05) is 17.7 Å². The Bertz CT molecular complexity index is 475. The van der Waals surface area contributed by atoms with E-state index in [1.807, 2.05) is 37.3 Å². The molecule has 74 valence electrons. The van der Waals surface area contributed by atoms with Crippen LogP contribution >= 0.6 is 11.6 Å². The van der Waals surface area contributed by atoms with Gasteiger partial charge in [0.25, 0.3) is 0 Å². The van der Waals surface area contributed by atoms with Gasteiger partial charge in [-0.05, 0) is 12.1 Å². The van der Waals surface area contributed by atoms with E-state index in [9.17, 15) is 0 Å². The Morgan fingerprint density at radius 1 is 1.43 bits per heavy atom. The number of imidazole rings is 1. The van der Waals surface area contributed by atoms with Gasteiger partial charge in [0.1, 0.15) is 5.52 Å². The Hall–Kier alpha value is -1.42. The molecule has 0 aliphatic rings. The van der Waals surface area contributed by atoms with E-state index in [-0.39, 0.29) is 0 Å². The highest BCUT2D eigenvalue weighted by molar-refractivity contribution is 6.35. The third kappa shape index (κ3) is 1.19. The second-order valence-electron chi connectivity index (χ2n) is 3.24. The first-order chi connectivity index (χ1) is 6.61. The molecule has 2 N–H and O–H groups in total. The maximum Gasteiger partial charge on any atom is 0.220 e. The number of anilines is 1. The van der Waals surface area contributed by atoms with Gasteiger partial charge < -0.3 is 10.7 Å². The van der Waals surface area contributed by atoms with Gasteiger partial charge in [0.2, 0.25) is 5.95 Å². The minimum atomic E-state index is 0.443. The fraction of sp³-hybridized carbons (Fsp3) is 0.222. The summed E-state index contributed by atoms with van der Waals surface area (Å²) in [5, 5.41) is 2.50. The molecule has 0 aliphatic carbocycles. The number of halogens is 1. The van der Waals surface area contributed by atoms with Crippen molar-refractivity contribution in [2.75, 3.05) is 24.8 Å². The van der Waals surface area contributed by atoms with Gasteiger partial charge in [-0.25, -0.2) is 9.66 Å². The van der Waals surface area contributed by atoms with Crippen LogP contribution in [-0.4, -0.2) is 23.8 Å². The second-order valence-corrected chi connectivity index (χ2v) is 3.64. The zero-order valence-electron chi connectivity index (χ0n) is 8.03. The Kier molecular flexibility index (Phi) is 2.00. The van der Waals surface area contributed by atoms with Gasteiger partial charge in [-0.3, -0.25) is 0 Å². The summed E-state index contributed by atoms with van der Waals surface area (Å²) in [6.07, 6.45) is 0. The van der Waals surface area contributed by atoms with Crippen LogP contribution in [0.3, 0.4) is 0 Å². The van der Waals surface area contributed by atoms with Crippen LogP contribution in [0.2, 0.25) is 5.02 Å². The molecule has 5 heteroatoms. The van der Waals surface area contributed by atoms with Crippen molar-refractivity contribution in [3.63, 3.8) is 0 Å². The molecule has 4 nitrogen and oxygen atoms in total. The predicted octanol–water partition coefficient (Wildman–Crippen LogP) is 1.47. The molecule has 1 heterocycles. The minimum Gasteiger partial charge on any atom is -0.368 e. The molecule has 0 bridgehead atoms. The highest BCUT2D eigenvalue weighted by Crippen LogP contribution is 2.24. The number of nitrogens with zero attached hydrogens (tertiary/aromatic N) is 3. The van der Waals surface area contributed by atoms with Gasteiger partial charge in [0, 0.05) is 14.1 Å². The fourth-order valence-corrected chi connectivity index (χ4v) is 1.74. The molecule has 0 radical (unpaired) electrons. The summed E-state index contributed by atoms with van der Waals surface area (Å²) in [6.45, 7) is 0. The third-order valence-electron chi connectivity index (χ3n) is 2.03. The number of hydrogen-bond donors (Lipinski definition) is 1. The SMILES string of the molecule is CN(C)n1c(N)nc2cccc(Cl)c21. The van der Waals surface area contributed by atoms with Crippen LogP contribution in [0.5, 0.6) is 0 Å². The molecule has 0 unspecified atom stereocenters. The molecule has 0 saturated carbocycles. The van der Waals surface area contributed by atoms with Gasteiger partial charge in [-0.15, -0.1) is 0 Å². The maximum atomic E-state index is 6.08. The highest BCUT2D eigenvalue weighted by atomic mass is 35.5. The summed E-state index contributed by atoms with van der Waals surface area (Å²) in [4.78, 5) is 4.21. The van der Waals surface area contributed by atoms with Crippen LogP contribution in [0.1, 0.15) is 0 Å². The number of fused-ring (bicyclic) bond motifs is 1. The van der Waals surface area contributed by atoms with Crippen LogP contribution in [0, 0.1) is 0 Å². The van der Waals surface area contributed by atoms with Crippen molar-refractivity contribution in [3.05, 3.63) is 23.2 Å². The van der Waals surface area contributed by atoms with Crippen LogP contribution < -0.4 is 10.7 Å². The Balaban J connectivity index is 2.86. The van der Waals surface area contributed by atoms with E-state index in [1.165, 1.54) is 0 Å². The van der Waals surface area contributed by atoms with E-state index < -0.39 is 0 Å². The average Bonchev–Trinajstić information content (AvgIpc) is 2.42. The van der Waals surface area contributed by atoms with Crippen LogP contribution in [0.15, 0.2) is 18.2 Å². The van der Waals surface area contributed by atoms with Crippen molar-refractivity contribution in [3.8, 4) is 0 Å². The Morgan fingerprint density at radius 3 is 2.79 bits per heavy atom. The molecule has 0 atom stereocenters. The summed E-state index contributed by atoms with van der Waals surface area (Å²) in [6, 6.07) is 5.57. The number of hydrogen-bond acceptors (Lipinski definition) is 3. The lowest BCUT2D eigenvalue weighted by Crippen LogP contribution is -2.26. The van der Waals surface area contributed by atoms with Crippen molar-refractivity contribution in [1.82, 2.24) is 9.66 Å². The van der Waals surface area contributed by atoms with Crippen molar-refractivity contribution in [2.24, 2.45) is 0 Å². The standard InChI is InChI=1S/C9H11ClN4/c1-13(2)14-8-6(10)4-3-5-7(8)12-9(14)11/h3-5H,1-2H3,(H2,11,12). The molecule has 1 aromatic heterocycles. The van der Waals surface area contributed by atoms with Crippen molar-refractivity contribution < 1.29 is 0 Å². The fourth-order valence-electron chi connectivity index (χ4n) is 1.49. The van der Waals surface area contributed by atoms with Crippen LogP contribution in [0.4, 0.5) is 5.95 Å². The molecule has 1 aromatic carbocycles. The molecular weight excluding hydrogens is 200 g/mol. The quantitative estimate of drug-likeness (QED) is 0.776. The van der Waals surface area contributed by atoms with Crippen molar-refractivity contribution >= 4 is 28.6 Å². The topological polar surface area (TPSA) is 47.1 Å². The number of aromatic nitrogens is 2. The summed E-state index contributed by atoms with van der Waals surface area (Å²) in [7, 11) is 3.78. The first-order valence-corrected chi connectivity index (χ1v) is 4.59. The molecule has 0 fully saturated rings. The Morgan fingerprint density at radius 2 is 2.14 bits per heavy atom. The van der Waals surface area contributed by atoms with Gasteiger partial charge >= 0.3 is 0 Å². The monoisotopic (exact) mass is 210 g/mol. The molecule has 14 heavy (non-hydrogen) atoms. The predicted molar refractivity (Wildman–Crippen MR) is 59.2 cm³/mol. The summed E-state index contributed by atoms with van der Waals surface area (Å²) < 4.78 is 1.78. The normalized spacial score (nSPS) is 10.8. The number of rotatable bonds is 1. The number of nitrogens with two attached hydrogens (primary N) is 1. The Labute approximate surface area is 86.9 Å². The van der Waals surface area contributed by atoms with E-state index in [0.29, 0.717) is 11.0 Å². The molecule has 0 saturated heterocycles. The summed E-state index contributed by atoms with van der Waals surface area (Å²) in [5.74, 6) is 0.443. The molecule has 2 aromatic rings. The van der Waals surface area contributed by atoms with Gasteiger partial charge in [-0.2, -0.15) is 0 Å². The lowest BCUT2D eigenvalue weighted by molar-refractivity contribution is 0.765. The molecule has 0 amide bonds. The second kappa shape index (κ2) is 3.06. The van der Waals surface area contributed by atoms with Gasteiger partial charge in [0.15, 0.2) is 0 Å². The molecule has 2 rings (SSSR count). The number of benzene rings is 1. The van der Waals surface area contributed by atoms with Gasteiger partial charge in [0.05, 0.1) is 10.5 Å². The van der Waals surface area contributed by atoms with E-state index in [2.05, 4.69) is 4.98 Å². The van der Waals surface area contributed by atoms with E-state index in [1.54, 1.807) is 4.68 Å². The highest BCUT2D eigenvalue weighted by Gasteiger charge is 2.11. The largest absolute Gasteiger partial charge is 0.368 e. The van der Waals surface area contributed by atoms with Crippen LogP contribution in [-0.2, 0) is 0 Å². The van der Waals surface area contributed by atoms with E-state index in [0.717, 1.165) is 11.0 Å². The third-order valence-corrected chi connectivity index (χ3v) is 2.33. The minimum absolute atomic E-state index is 0.443. The zero-order chi connectivity index (χ0) is 10.3. The van der Waals surface area contributed by atoms with E-state index in [4.69, 9.17) is 17.3 Å². The first-order valence-electron chi connectivity index (χ1n) is 4.21. The lowest BCUT2D eigenvalue weighted by Gasteiger charge is -2.16. The summed E-state index contributed by atoms with van der Waals surface area (Å²) >= 11 is 6.08. The van der Waals surface area contributed by atoms with Crippen molar-refractivity contribution in [1.29, 1.82) is 0 Å². The smallest absolute Gasteiger partial charge is 0.220 e. The zero-order valence-corrected chi connectivity index (χ0v) is 8.78. The maximum absolute atomic E-state index is 6.08. The average molecular weight is 211 g/mol. The molecular formula is C9H11ClN4. The van der Waals surface area contributed by atoms with Crippen molar-refractivity contribution in [2.45, 2.75) is 0 Å². The summed E-state index contributed by atoms with van der Waals surface area (Å²) in [5.41, 5.74) is 7.43. The number of nitrogen functional groups attached to an aromatic ring is 1. The molecule has 0 aliphatic heterocycles.